The molecule has 8 heteroatoms. The average molecular weight is 618 g/mol. The van der Waals surface area contributed by atoms with E-state index in [1.165, 1.54) is 17.2 Å². The van der Waals surface area contributed by atoms with Crippen molar-refractivity contribution in [3.05, 3.63) is 75.9 Å². The molecular formula is C37H48FN3O4. The van der Waals surface area contributed by atoms with Crippen molar-refractivity contribution in [3.63, 3.8) is 0 Å². The molecule has 0 spiro atoms. The first-order valence-corrected chi connectivity index (χ1v) is 16.0. The van der Waals surface area contributed by atoms with Crippen molar-refractivity contribution < 1.29 is 23.8 Å². The number of carbonyl (C=O) groups is 1. The third-order valence-electron chi connectivity index (χ3n) is 9.20. The van der Waals surface area contributed by atoms with Gasteiger partial charge in [0.1, 0.15) is 11.6 Å². The lowest BCUT2D eigenvalue weighted by Gasteiger charge is -2.41. The lowest BCUT2D eigenvalue weighted by molar-refractivity contribution is -0.160. The second-order valence-corrected chi connectivity index (χ2v) is 14.4. The number of aliphatic carboxylic acids is 1. The number of nitrogens with zero attached hydrogens (tertiary/aromatic N) is 3. The largest absolute Gasteiger partial charge is 0.497 e. The molecule has 0 unspecified atom stereocenters. The van der Waals surface area contributed by atoms with Crippen molar-refractivity contribution >= 4 is 11.7 Å². The van der Waals surface area contributed by atoms with Crippen LogP contribution in [-0.4, -0.2) is 53.3 Å². The highest BCUT2D eigenvalue weighted by Crippen LogP contribution is 2.45. The van der Waals surface area contributed by atoms with Crippen LogP contribution < -0.4 is 9.64 Å². The molecule has 2 aliphatic rings. The van der Waals surface area contributed by atoms with E-state index in [9.17, 15) is 14.3 Å². The summed E-state index contributed by atoms with van der Waals surface area (Å²) in [5.41, 5.74) is 7.81. The van der Waals surface area contributed by atoms with E-state index in [2.05, 4.69) is 41.8 Å². The van der Waals surface area contributed by atoms with Gasteiger partial charge in [-0.2, -0.15) is 0 Å². The Morgan fingerprint density at radius 3 is 2.40 bits per heavy atom. The van der Waals surface area contributed by atoms with Crippen LogP contribution >= 0.6 is 0 Å². The van der Waals surface area contributed by atoms with Gasteiger partial charge in [-0.25, -0.2) is 9.18 Å². The van der Waals surface area contributed by atoms with Crippen molar-refractivity contribution in [1.29, 1.82) is 0 Å². The third kappa shape index (κ3) is 7.33. The van der Waals surface area contributed by atoms with E-state index in [1.54, 1.807) is 19.2 Å². The fraction of sp³-hybridized carbons (Fsp3) is 0.514. The first kappa shape index (κ1) is 32.9. The first-order chi connectivity index (χ1) is 21.2. The van der Waals surface area contributed by atoms with Gasteiger partial charge in [0.05, 0.1) is 18.4 Å². The van der Waals surface area contributed by atoms with E-state index in [4.69, 9.17) is 14.5 Å². The molecular weight excluding hydrogens is 569 g/mol. The Hall–Kier alpha value is -3.49. The summed E-state index contributed by atoms with van der Waals surface area (Å²) in [6, 6.07) is 11.4. The minimum atomic E-state index is -1.15. The van der Waals surface area contributed by atoms with Crippen LogP contribution in [-0.2, 0) is 29.0 Å². The van der Waals surface area contributed by atoms with Gasteiger partial charge in [0.15, 0.2) is 6.10 Å². The maximum Gasteiger partial charge on any atom is 0.337 e. The number of hydrogen-bond acceptors (Lipinski definition) is 6. The molecule has 2 aromatic carbocycles. The summed E-state index contributed by atoms with van der Waals surface area (Å²) >= 11 is 0. The lowest BCUT2D eigenvalue weighted by Crippen LogP contribution is -2.39. The Morgan fingerprint density at radius 1 is 1.04 bits per heavy atom. The van der Waals surface area contributed by atoms with E-state index in [0.717, 1.165) is 67.9 Å². The number of benzene rings is 2. The van der Waals surface area contributed by atoms with Gasteiger partial charge in [-0.1, -0.05) is 32.0 Å². The molecule has 7 nitrogen and oxygen atoms in total. The highest BCUT2D eigenvalue weighted by Gasteiger charge is 2.36. The van der Waals surface area contributed by atoms with Gasteiger partial charge in [-0.05, 0) is 94.2 Å². The van der Waals surface area contributed by atoms with Gasteiger partial charge in [-0.3, -0.25) is 9.88 Å². The summed E-state index contributed by atoms with van der Waals surface area (Å²) < 4.78 is 26.1. The third-order valence-corrected chi connectivity index (χ3v) is 9.20. The Kier molecular flexibility index (Phi) is 9.30. The van der Waals surface area contributed by atoms with Crippen LogP contribution in [0.5, 0.6) is 5.75 Å². The number of piperidine rings is 1. The molecule has 1 saturated heterocycles. The van der Waals surface area contributed by atoms with Gasteiger partial charge >= 0.3 is 5.97 Å². The minimum Gasteiger partial charge on any atom is -0.497 e. The highest BCUT2D eigenvalue weighted by molar-refractivity contribution is 5.88. The number of hydrogen-bond donors (Lipinski definition) is 1. The van der Waals surface area contributed by atoms with Crippen molar-refractivity contribution in [3.8, 4) is 16.9 Å². The topological polar surface area (TPSA) is 75.1 Å². The van der Waals surface area contributed by atoms with Gasteiger partial charge < -0.3 is 19.5 Å². The van der Waals surface area contributed by atoms with Gasteiger partial charge in [0, 0.05) is 60.8 Å². The van der Waals surface area contributed by atoms with E-state index in [1.807, 2.05) is 34.6 Å². The maximum absolute atomic E-state index is 14.6. The van der Waals surface area contributed by atoms with E-state index >= 15 is 0 Å². The average Bonchev–Trinajstić information content (AvgIpc) is 2.96. The number of aromatic nitrogens is 1. The summed E-state index contributed by atoms with van der Waals surface area (Å²) in [5.74, 6) is -0.582. The molecule has 1 N–H and O–H groups in total. The number of halogens is 1. The summed E-state index contributed by atoms with van der Waals surface area (Å²) in [5, 5.41) is 10.5. The van der Waals surface area contributed by atoms with Gasteiger partial charge in [-0.15, -0.1) is 0 Å². The number of fused-ring (bicyclic) bond motifs is 1. The maximum atomic E-state index is 14.6. The molecule has 0 amide bonds. The van der Waals surface area contributed by atoms with Crippen LogP contribution in [0.15, 0.2) is 36.4 Å². The minimum absolute atomic E-state index is 0.223. The molecule has 3 aromatic rings. The Morgan fingerprint density at radius 2 is 1.76 bits per heavy atom. The molecule has 3 heterocycles. The fourth-order valence-corrected chi connectivity index (χ4v) is 6.70. The van der Waals surface area contributed by atoms with Crippen LogP contribution in [0.25, 0.3) is 11.1 Å². The van der Waals surface area contributed by atoms with Gasteiger partial charge in [0.25, 0.3) is 0 Å². The predicted octanol–water partition coefficient (Wildman–Crippen LogP) is 7.64. The molecule has 2 aliphatic heterocycles. The van der Waals surface area contributed by atoms with E-state index < -0.39 is 17.7 Å². The normalized spacial score (nSPS) is 17.6. The number of rotatable bonds is 8. The molecule has 242 valence electrons. The first-order valence-electron chi connectivity index (χ1n) is 16.0. The van der Waals surface area contributed by atoms with Crippen molar-refractivity contribution in [2.45, 2.75) is 92.5 Å². The Labute approximate surface area is 267 Å². The number of carboxylic acid groups (broad SMARTS) is 1. The standard InChI is InChI=1S/C37H48FN3O4/c1-23-31(26-9-10-27-21-40(16-13-25(27)19-26)22-28-20-29(44-8)11-12-30(28)38)33(41-17-14-37(6,7)15-18-41)32(24(2)39-23)34(35(42)43)45-36(3,4)5/h9-12,19-20,34H,13-18,21-22H2,1-8H3,(H,42,43)/t34-/m0/s1. The zero-order valence-corrected chi connectivity index (χ0v) is 28.1. The highest BCUT2D eigenvalue weighted by atomic mass is 19.1. The number of ether oxygens (including phenoxy) is 2. The molecule has 0 aliphatic carbocycles. The molecule has 0 radical (unpaired) electrons. The van der Waals surface area contributed by atoms with Crippen LogP contribution in [0.1, 0.15) is 87.2 Å². The quantitative estimate of drug-likeness (QED) is 0.278. The zero-order valence-electron chi connectivity index (χ0n) is 28.1. The van der Waals surface area contributed by atoms with Crippen molar-refractivity contribution in [2.75, 3.05) is 31.6 Å². The Bertz CT molecular complexity index is 1570. The number of aryl methyl sites for hydroxylation is 2. The van der Waals surface area contributed by atoms with Gasteiger partial charge in [0.2, 0.25) is 0 Å². The molecule has 0 bridgehead atoms. The van der Waals surface area contributed by atoms with Crippen molar-refractivity contribution in [1.82, 2.24) is 9.88 Å². The number of methoxy groups -OCH3 is 1. The number of anilines is 1. The van der Waals surface area contributed by atoms with Crippen LogP contribution in [0.2, 0.25) is 0 Å². The Balaban J connectivity index is 1.55. The smallest absolute Gasteiger partial charge is 0.337 e. The summed E-state index contributed by atoms with van der Waals surface area (Å²) in [6.45, 7) is 17.9. The predicted molar refractivity (Wildman–Crippen MR) is 176 cm³/mol. The van der Waals surface area contributed by atoms with Crippen LogP contribution in [0.4, 0.5) is 10.1 Å². The number of carboxylic acids is 1. The fourth-order valence-electron chi connectivity index (χ4n) is 6.70. The monoisotopic (exact) mass is 617 g/mol. The van der Waals surface area contributed by atoms with Crippen molar-refractivity contribution in [2.24, 2.45) is 5.41 Å². The summed E-state index contributed by atoms with van der Waals surface area (Å²) in [7, 11) is 1.59. The molecule has 1 fully saturated rings. The molecule has 1 atom stereocenters. The molecule has 1 aromatic heterocycles. The second-order valence-electron chi connectivity index (χ2n) is 14.4. The SMILES string of the molecule is COc1ccc(F)c(CN2CCc3cc(-c4c(C)nc(C)c([C@H](OC(C)(C)C)C(=O)O)c4N4CCC(C)(C)CC4)ccc3C2)c1. The zero-order chi connectivity index (χ0) is 32.7. The second kappa shape index (κ2) is 12.7. The molecule has 0 saturated carbocycles. The lowest BCUT2D eigenvalue weighted by atomic mass is 9.81. The summed E-state index contributed by atoms with van der Waals surface area (Å²) in [6.07, 6.45) is 1.71. The number of pyridine rings is 1. The van der Waals surface area contributed by atoms with E-state index in [0.29, 0.717) is 29.1 Å². The van der Waals surface area contributed by atoms with Crippen LogP contribution in [0, 0.1) is 25.1 Å². The molecule has 45 heavy (non-hydrogen) atoms. The molecule has 5 rings (SSSR count). The van der Waals surface area contributed by atoms with Crippen LogP contribution in [0.3, 0.4) is 0 Å². The summed E-state index contributed by atoms with van der Waals surface area (Å²) in [4.78, 5) is 22.4. The van der Waals surface area contributed by atoms with E-state index in [-0.39, 0.29) is 11.2 Å².